The number of likely N-dealkylation sites (N-methyl/N-ethyl adjacent to an activating group) is 1. The first-order valence-electron chi connectivity index (χ1n) is 3.91. The molecular weight excluding hydrogens is 186 g/mol. The first kappa shape index (κ1) is 8.44. The summed E-state index contributed by atoms with van der Waals surface area (Å²) < 4.78 is 5.24. The van der Waals surface area contributed by atoms with Gasteiger partial charge in [0, 0.05) is 11.9 Å². The molecule has 1 amide bonds. The molecule has 0 bridgehead atoms. The molecule has 1 aromatic carbocycles. The quantitative estimate of drug-likeness (QED) is 0.633. The van der Waals surface area contributed by atoms with Crippen molar-refractivity contribution in [3.8, 4) is 5.75 Å². The molecule has 0 aromatic heterocycles. The van der Waals surface area contributed by atoms with Gasteiger partial charge >= 0.3 is 0 Å². The number of carbonyl (C=O) groups is 1. The molecule has 13 heavy (non-hydrogen) atoms. The minimum atomic E-state index is -0.0357. The van der Waals surface area contributed by atoms with Crippen molar-refractivity contribution in [2.45, 2.75) is 4.90 Å². The Hall–Kier alpha value is -1.16. The van der Waals surface area contributed by atoms with Gasteiger partial charge in [0.1, 0.15) is 5.75 Å². The van der Waals surface area contributed by atoms with Crippen LogP contribution in [0.2, 0.25) is 0 Å². The van der Waals surface area contributed by atoms with Crippen LogP contribution in [-0.4, -0.2) is 19.6 Å². The number of carbonyl (C=O) groups excluding carboxylic acids is 1. The molecule has 0 atom stereocenters. The second-order valence-corrected chi connectivity index (χ2v) is 3.41. The lowest BCUT2D eigenvalue weighted by atomic mass is 10.2. The molecule has 0 spiro atoms. The van der Waals surface area contributed by atoms with Crippen LogP contribution in [0.3, 0.4) is 0 Å². The summed E-state index contributed by atoms with van der Waals surface area (Å²) in [4.78, 5) is 13.6. The lowest BCUT2D eigenvalue weighted by Crippen LogP contribution is -2.35. The number of benzene rings is 1. The van der Waals surface area contributed by atoms with E-state index in [1.165, 1.54) is 0 Å². The van der Waals surface area contributed by atoms with Gasteiger partial charge in [0.2, 0.25) is 0 Å². The number of nitrogens with zero attached hydrogens (tertiary/aromatic N) is 1. The standard InChI is InChI=1S/C9H9NO2S/c1-10-7-4-6(13)2-3-8(7)12-5-9(10)11/h2-4,13H,5H2,1H3. The van der Waals surface area contributed by atoms with Gasteiger partial charge in [-0.25, -0.2) is 0 Å². The molecule has 2 rings (SSSR count). The van der Waals surface area contributed by atoms with Crippen molar-refractivity contribution in [1.82, 2.24) is 0 Å². The van der Waals surface area contributed by atoms with Crippen LogP contribution in [-0.2, 0) is 4.79 Å². The zero-order valence-electron chi connectivity index (χ0n) is 7.15. The van der Waals surface area contributed by atoms with Crippen molar-refractivity contribution in [2.24, 2.45) is 0 Å². The van der Waals surface area contributed by atoms with E-state index in [1.807, 2.05) is 18.2 Å². The molecular formula is C9H9NO2S. The second kappa shape index (κ2) is 2.96. The summed E-state index contributed by atoms with van der Waals surface area (Å²) in [6.45, 7) is 0.120. The van der Waals surface area contributed by atoms with E-state index in [9.17, 15) is 4.79 Å². The van der Waals surface area contributed by atoms with Gasteiger partial charge < -0.3 is 9.64 Å². The van der Waals surface area contributed by atoms with Gasteiger partial charge in [-0.2, -0.15) is 0 Å². The molecule has 1 aromatic rings. The van der Waals surface area contributed by atoms with Crippen molar-refractivity contribution in [2.75, 3.05) is 18.6 Å². The molecule has 1 aliphatic rings. The van der Waals surface area contributed by atoms with Gasteiger partial charge in [-0.3, -0.25) is 4.79 Å². The van der Waals surface area contributed by atoms with Crippen LogP contribution in [0.25, 0.3) is 0 Å². The van der Waals surface area contributed by atoms with E-state index in [0.29, 0.717) is 0 Å². The van der Waals surface area contributed by atoms with Gasteiger partial charge in [-0.1, -0.05) is 0 Å². The van der Waals surface area contributed by atoms with Crippen LogP contribution in [0.15, 0.2) is 23.1 Å². The van der Waals surface area contributed by atoms with Crippen molar-refractivity contribution in [1.29, 1.82) is 0 Å². The summed E-state index contributed by atoms with van der Waals surface area (Å²) in [6, 6.07) is 5.47. The highest BCUT2D eigenvalue weighted by molar-refractivity contribution is 7.80. The van der Waals surface area contributed by atoms with Gasteiger partial charge in [0.15, 0.2) is 6.61 Å². The van der Waals surface area contributed by atoms with E-state index in [1.54, 1.807) is 11.9 Å². The maximum Gasteiger partial charge on any atom is 0.264 e. The van der Waals surface area contributed by atoms with Gasteiger partial charge in [0.05, 0.1) is 5.69 Å². The number of hydrogen-bond donors (Lipinski definition) is 1. The summed E-state index contributed by atoms with van der Waals surface area (Å²) in [5.74, 6) is 0.700. The Kier molecular flexibility index (Phi) is 1.92. The molecule has 0 fully saturated rings. The molecule has 0 aliphatic carbocycles. The summed E-state index contributed by atoms with van der Waals surface area (Å²) in [5.41, 5.74) is 0.781. The summed E-state index contributed by atoms with van der Waals surface area (Å²) in [6.07, 6.45) is 0. The highest BCUT2D eigenvalue weighted by Crippen LogP contribution is 2.32. The molecule has 68 valence electrons. The maximum absolute atomic E-state index is 11.2. The van der Waals surface area contributed by atoms with E-state index >= 15 is 0 Å². The molecule has 0 saturated carbocycles. The lowest BCUT2D eigenvalue weighted by Gasteiger charge is -2.25. The first-order chi connectivity index (χ1) is 6.18. The minimum absolute atomic E-state index is 0.0357. The molecule has 0 N–H and O–H groups in total. The Bertz CT molecular complexity index is 365. The van der Waals surface area contributed by atoms with Crippen molar-refractivity contribution < 1.29 is 9.53 Å². The zero-order chi connectivity index (χ0) is 9.42. The Labute approximate surface area is 81.7 Å². The maximum atomic E-state index is 11.2. The second-order valence-electron chi connectivity index (χ2n) is 2.89. The van der Waals surface area contributed by atoms with Crippen LogP contribution in [0.1, 0.15) is 0 Å². The van der Waals surface area contributed by atoms with E-state index in [-0.39, 0.29) is 12.5 Å². The van der Waals surface area contributed by atoms with Crippen LogP contribution in [0, 0.1) is 0 Å². The molecule has 1 aliphatic heterocycles. The minimum Gasteiger partial charge on any atom is -0.482 e. The summed E-state index contributed by atoms with van der Waals surface area (Å²) in [7, 11) is 1.73. The van der Waals surface area contributed by atoms with Crippen LogP contribution in [0.5, 0.6) is 5.75 Å². The van der Waals surface area contributed by atoms with Crippen LogP contribution < -0.4 is 9.64 Å². The summed E-state index contributed by atoms with van der Waals surface area (Å²) >= 11 is 4.19. The fourth-order valence-electron chi connectivity index (χ4n) is 1.26. The molecule has 3 nitrogen and oxygen atoms in total. The number of ether oxygens (including phenoxy) is 1. The first-order valence-corrected chi connectivity index (χ1v) is 4.35. The number of fused-ring (bicyclic) bond motifs is 1. The molecule has 0 unspecified atom stereocenters. The Morgan fingerprint density at radius 2 is 2.31 bits per heavy atom. The number of thiol groups is 1. The molecule has 0 radical (unpaired) electrons. The lowest BCUT2D eigenvalue weighted by molar-refractivity contribution is -0.120. The predicted octanol–water partition coefficient (Wildman–Crippen LogP) is 1.33. The van der Waals surface area contributed by atoms with Crippen LogP contribution >= 0.6 is 12.6 Å². The van der Waals surface area contributed by atoms with Crippen molar-refractivity contribution in [3.05, 3.63) is 18.2 Å². The zero-order valence-corrected chi connectivity index (χ0v) is 8.04. The molecule has 1 heterocycles. The third kappa shape index (κ3) is 1.37. The highest BCUT2D eigenvalue weighted by atomic mass is 32.1. The third-order valence-electron chi connectivity index (χ3n) is 2.03. The van der Waals surface area contributed by atoms with E-state index in [4.69, 9.17) is 4.74 Å². The Morgan fingerprint density at radius 3 is 3.08 bits per heavy atom. The number of hydrogen-bond acceptors (Lipinski definition) is 3. The largest absolute Gasteiger partial charge is 0.482 e. The van der Waals surface area contributed by atoms with Crippen molar-refractivity contribution in [3.63, 3.8) is 0 Å². The average Bonchev–Trinajstić information content (AvgIpc) is 2.12. The van der Waals surface area contributed by atoms with Crippen molar-refractivity contribution >= 4 is 24.2 Å². The average molecular weight is 195 g/mol. The number of rotatable bonds is 0. The third-order valence-corrected chi connectivity index (χ3v) is 2.31. The SMILES string of the molecule is CN1C(=O)COc2ccc(S)cc21. The smallest absolute Gasteiger partial charge is 0.264 e. The number of amides is 1. The van der Waals surface area contributed by atoms with E-state index in [0.717, 1.165) is 16.3 Å². The Morgan fingerprint density at radius 1 is 1.54 bits per heavy atom. The normalized spacial score (nSPS) is 15.2. The monoisotopic (exact) mass is 195 g/mol. The van der Waals surface area contributed by atoms with E-state index < -0.39 is 0 Å². The van der Waals surface area contributed by atoms with Gasteiger partial charge in [-0.15, -0.1) is 12.6 Å². The van der Waals surface area contributed by atoms with E-state index in [2.05, 4.69) is 12.6 Å². The summed E-state index contributed by atoms with van der Waals surface area (Å²) in [5, 5.41) is 0. The fraction of sp³-hybridized carbons (Fsp3) is 0.222. The highest BCUT2D eigenvalue weighted by Gasteiger charge is 2.21. The van der Waals surface area contributed by atoms with Crippen LogP contribution in [0.4, 0.5) is 5.69 Å². The Balaban J connectivity index is 2.51. The van der Waals surface area contributed by atoms with Gasteiger partial charge in [-0.05, 0) is 18.2 Å². The number of anilines is 1. The molecule has 4 heteroatoms. The predicted molar refractivity (Wildman–Crippen MR) is 52.6 cm³/mol. The topological polar surface area (TPSA) is 29.5 Å². The molecule has 0 saturated heterocycles. The van der Waals surface area contributed by atoms with Gasteiger partial charge in [0.25, 0.3) is 5.91 Å². The fourth-order valence-corrected chi connectivity index (χ4v) is 1.46.